The molecule has 0 aliphatic heterocycles. The van der Waals surface area contributed by atoms with Crippen LogP contribution in [0.4, 0.5) is 0 Å². The Hall–Kier alpha value is -0.160. The molecule has 0 spiro atoms. The molecule has 0 aliphatic rings. The van der Waals surface area contributed by atoms with Crippen LogP contribution in [0.1, 0.15) is 120 Å². The van der Waals surface area contributed by atoms with E-state index in [4.69, 9.17) is 10.4 Å². The van der Waals surface area contributed by atoms with Gasteiger partial charge in [0.1, 0.15) is 0 Å². The van der Waals surface area contributed by atoms with Gasteiger partial charge >= 0.3 is 0 Å². The van der Waals surface area contributed by atoms with Crippen LogP contribution in [-0.4, -0.2) is 23.5 Å². The number of hydroxylamine groups is 2. The van der Waals surface area contributed by atoms with E-state index in [9.17, 15) is 0 Å². The second kappa shape index (κ2) is 56.9. The van der Waals surface area contributed by atoms with E-state index in [-0.39, 0.29) is 0 Å². The Labute approximate surface area is 154 Å². The van der Waals surface area contributed by atoms with Crippen LogP contribution in [0.25, 0.3) is 0 Å². The summed E-state index contributed by atoms with van der Waals surface area (Å²) in [7, 11) is 0. The molecule has 0 heterocycles. The molecule has 4 N–H and O–H groups in total. The molecule has 0 saturated carbocycles. The molecular weight excluding hydrogens is 300 g/mol. The second-order valence-corrected chi connectivity index (χ2v) is 4.35. The zero-order valence-corrected chi connectivity index (χ0v) is 18.4. The Morgan fingerprint density at radius 3 is 0.708 bits per heavy atom. The van der Waals surface area contributed by atoms with Gasteiger partial charge in [0.25, 0.3) is 0 Å². The molecule has 0 radical (unpaired) electrons. The van der Waals surface area contributed by atoms with Crippen molar-refractivity contribution in [1.82, 2.24) is 11.0 Å². The van der Waals surface area contributed by atoms with E-state index in [2.05, 4.69) is 11.0 Å². The number of unbranched alkanes of at least 4 members (excludes halogenated alkanes) is 9. The number of nitrogens with one attached hydrogen (secondary N) is 2. The van der Waals surface area contributed by atoms with Crippen molar-refractivity contribution in [2.24, 2.45) is 0 Å². The molecule has 0 aromatic rings. The molecular formula is C20H52N2O2. The molecule has 0 rings (SSSR count). The predicted octanol–water partition coefficient (Wildman–Crippen LogP) is 6.95. The maximum absolute atomic E-state index is 8.36. The number of hydrogen-bond acceptors (Lipinski definition) is 4. The van der Waals surface area contributed by atoms with E-state index in [1.807, 2.05) is 55.4 Å². The Kier molecular flexibility index (Phi) is 83.0. The van der Waals surface area contributed by atoms with Gasteiger partial charge in [0.15, 0.2) is 0 Å². The molecule has 154 valence electrons. The van der Waals surface area contributed by atoms with E-state index in [0.717, 1.165) is 25.9 Å². The first-order chi connectivity index (χ1) is 11.9. The third-order valence-electron chi connectivity index (χ3n) is 2.83. The summed E-state index contributed by atoms with van der Waals surface area (Å²) in [6.45, 7) is 17.4. The number of hydrogen-bond donors (Lipinski definition) is 4. The van der Waals surface area contributed by atoms with Crippen molar-refractivity contribution in [3.05, 3.63) is 0 Å². The molecule has 4 nitrogen and oxygen atoms in total. The van der Waals surface area contributed by atoms with Crippen molar-refractivity contribution in [2.75, 3.05) is 13.1 Å². The third kappa shape index (κ3) is 57.5. The standard InChI is InChI=1S/C12H28N2O2.4C2H6/c15-13-11-9-7-5-3-1-2-4-6-8-10-12-14-16;4*1-2/h13-16H,1-12H2;4*1-2H3. The summed E-state index contributed by atoms with van der Waals surface area (Å²) >= 11 is 0. The molecule has 0 saturated heterocycles. The van der Waals surface area contributed by atoms with Gasteiger partial charge in [-0.25, -0.2) is 11.0 Å². The quantitative estimate of drug-likeness (QED) is 0.214. The van der Waals surface area contributed by atoms with Crippen LogP contribution in [-0.2, 0) is 0 Å². The molecule has 0 aromatic heterocycles. The van der Waals surface area contributed by atoms with Gasteiger partial charge < -0.3 is 10.4 Å². The van der Waals surface area contributed by atoms with Gasteiger partial charge in [-0.2, -0.15) is 0 Å². The summed E-state index contributed by atoms with van der Waals surface area (Å²) in [5, 5.41) is 16.7. The van der Waals surface area contributed by atoms with E-state index in [1.165, 1.54) is 51.4 Å². The van der Waals surface area contributed by atoms with Crippen molar-refractivity contribution < 1.29 is 10.4 Å². The van der Waals surface area contributed by atoms with Crippen molar-refractivity contribution >= 4 is 0 Å². The average molecular weight is 353 g/mol. The molecule has 0 bridgehead atoms. The van der Waals surface area contributed by atoms with E-state index in [0.29, 0.717) is 0 Å². The summed E-state index contributed by atoms with van der Waals surface area (Å²) < 4.78 is 0. The highest BCUT2D eigenvalue weighted by Gasteiger charge is 1.92. The Morgan fingerprint density at radius 2 is 0.542 bits per heavy atom. The number of rotatable bonds is 13. The molecule has 4 heteroatoms. The van der Waals surface area contributed by atoms with Crippen LogP contribution in [0.2, 0.25) is 0 Å². The van der Waals surface area contributed by atoms with Gasteiger partial charge in [-0.15, -0.1) is 0 Å². The van der Waals surface area contributed by atoms with Crippen molar-refractivity contribution in [1.29, 1.82) is 0 Å². The van der Waals surface area contributed by atoms with Gasteiger partial charge in [0.2, 0.25) is 0 Å². The summed E-state index contributed by atoms with van der Waals surface area (Å²) in [5.74, 6) is 0. The summed E-state index contributed by atoms with van der Waals surface area (Å²) in [4.78, 5) is 0. The third-order valence-corrected chi connectivity index (χ3v) is 2.83. The van der Waals surface area contributed by atoms with Gasteiger partial charge in [-0.05, 0) is 12.8 Å². The zero-order valence-electron chi connectivity index (χ0n) is 18.4. The van der Waals surface area contributed by atoms with Crippen LogP contribution < -0.4 is 11.0 Å². The normalized spacial score (nSPS) is 8.25. The SMILES string of the molecule is CC.CC.CC.CC.ONCCCCCCCCCCCCNO. The van der Waals surface area contributed by atoms with Crippen LogP contribution >= 0.6 is 0 Å². The summed E-state index contributed by atoms with van der Waals surface area (Å²) in [5.41, 5.74) is 4.36. The van der Waals surface area contributed by atoms with E-state index in [1.54, 1.807) is 0 Å². The van der Waals surface area contributed by atoms with Crippen LogP contribution in [0.15, 0.2) is 0 Å². The van der Waals surface area contributed by atoms with Crippen molar-refractivity contribution in [2.45, 2.75) is 120 Å². The maximum Gasteiger partial charge on any atom is 0.0207 e. The van der Waals surface area contributed by atoms with Gasteiger partial charge in [0.05, 0.1) is 0 Å². The topological polar surface area (TPSA) is 64.5 Å². The Balaban J connectivity index is -0.000000130. The lowest BCUT2D eigenvalue weighted by Gasteiger charge is -2.02. The van der Waals surface area contributed by atoms with Gasteiger partial charge in [-0.3, -0.25) is 0 Å². The lowest BCUT2D eigenvalue weighted by Crippen LogP contribution is -2.08. The summed E-state index contributed by atoms with van der Waals surface area (Å²) in [6.07, 6.45) is 12.5. The van der Waals surface area contributed by atoms with Crippen molar-refractivity contribution in [3.8, 4) is 0 Å². The zero-order chi connectivity index (χ0) is 19.9. The lowest BCUT2D eigenvalue weighted by atomic mass is 10.1. The fourth-order valence-corrected chi connectivity index (χ4v) is 1.82. The first kappa shape index (κ1) is 35.0. The van der Waals surface area contributed by atoms with Gasteiger partial charge in [-0.1, -0.05) is 107 Å². The molecule has 0 fully saturated rings. The molecule has 0 amide bonds. The first-order valence-corrected chi connectivity index (χ1v) is 10.7. The monoisotopic (exact) mass is 352 g/mol. The van der Waals surface area contributed by atoms with Crippen LogP contribution in [0, 0.1) is 0 Å². The summed E-state index contributed by atoms with van der Waals surface area (Å²) in [6, 6.07) is 0. The molecule has 24 heavy (non-hydrogen) atoms. The van der Waals surface area contributed by atoms with Crippen LogP contribution in [0.3, 0.4) is 0 Å². The fraction of sp³-hybridized carbons (Fsp3) is 1.00. The largest absolute Gasteiger partial charge is 0.317 e. The van der Waals surface area contributed by atoms with Gasteiger partial charge in [0, 0.05) is 13.1 Å². The second-order valence-electron chi connectivity index (χ2n) is 4.35. The van der Waals surface area contributed by atoms with E-state index < -0.39 is 0 Å². The minimum atomic E-state index is 0.721. The molecule has 0 atom stereocenters. The molecule has 0 aliphatic carbocycles. The van der Waals surface area contributed by atoms with Crippen LogP contribution in [0.5, 0.6) is 0 Å². The molecule has 0 unspecified atom stereocenters. The predicted molar refractivity (Wildman–Crippen MR) is 111 cm³/mol. The average Bonchev–Trinajstić information content (AvgIpc) is 2.69. The van der Waals surface area contributed by atoms with Crippen molar-refractivity contribution in [3.63, 3.8) is 0 Å². The first-order valence-electron chi connectivity index (χ1n) is 10.7. The Morgan fingerprint density at radius 1 is 0.375 bits per heavy atom. The maximum atomic E-state index is 8.36. The minimum Gasteiger partial charge on any atom is -0.317 e. The highest BCUT2D eigenvalue weighted by atomic mass is 16.5. The smallest absolute Gasteiger partial charge is 0.0207 e. The lowest BCUT2D eigenvalue weighted by molar-refractivity contribution is 0.164. The molecule has 0 aromatic carbocycles. The minimum absolute atomic E-state index is 0.721. The highest BCUT2D eigenvalue weighted by molar-refractivity contribution is 4.48. The van der Waals surface area contributed by atoms with E-state index >= 15 is 0 Å². The fourth-order valence-electron chi connectivity index (χ4n) is 1.82. The Bertz CT molecular complexity index is 112. The highest BCUT2D eigenvalue weighted by Crippen LogP contribution is 2.10.